The lowest BCUT2D eigenvalue weighted by molar-refractivity contribution is -0.893. The maximum absolute atomic E-state index is 5.14. The van der Waals surface area contributed by atoms with Gasteiger partial charge in [-0.05, 0) is 0 Å². The van der Waals surface area contributed by atoms with Gasteiger partial charge < -0.3 is 4.74 Å². The molecule has 3 heteroatoms. The number of nitrogens with zero attached hydrogens (tertiary/aromatic N) is 1. The van der Waals surface area contributed by atoms with Crippen LogP contribution in [0.1, 0.15) is 11.4 Å². The number of aryl methyl sites for hydroxylation is 2. The van der Waals surface area contributed by atoms with Gasteiger partial charge in [0.1, 0.15) is 12.9 Å². The van der Waals surface area contributed by atoms with Gasteiger partial charge in [-0.2, -0.15) is 0 Å². The van der Waals surface area contributed by atoms with E-state index in [1.165, 1.54) is 0 Å². The maximum atomic E-state index is 5.14. The van der Waals surface area contributed by atoms with E-state index in [2.05, 4.69) is 0 Å². The zero-order valence-corrected chi connectivity index (χ0v) is 7.92. The molecule has 0 bridgehead atoms. The lowest BCUT2D eigenvalue weighted by Crippen LogP contribution is -2.46. The quantitative estimate of drug-likeness (QED) is 0.605. The number of methoxy groups -OCH3 is 1. The van der Waals surface area contributed by atoms with Gasteiger partial charge in [-0.1, -0.05) is 0 Å². The second-order valence-corrected chi connectivity index (χ2v) is 2.65. The molecule has 0 spiro atoms. The molecule has 0 radical (unpaired) electrons. The molecule has 0 atom stereocenters. The first-order valence-electron chi connectivity index (χ1n) is 3.81. The molecule has 0 aliphatic rings. The van der Waals surface area contributed by atoms with E-state index in [1.54, 1.807) is 19.0 Å². The van der Waals surface area contributed by atoms with E-state index in [4.69, 9.17) is 9.57 Å². The van der Waals surface area contributed by atoms with E-state index in [-0.39, 0.29) is 0 Å². The zero-order valence-electron chi connectivity index (χ0n) is 7.92. The first-order chi connectivity index (χ1) is 5.69. The molecule has 0 amide bonds. The van der Waals surface area contributed by atoms with E-state index >= 15 is 0 Å². The van der Waals surface area contributed by atoms with Crippen molar-refractivity contribution in [1.82, 2.24) is 0 Å². The molecule has 0 aromatic carbocycles. The predicted molar refractivity (Wildman–Crippen MR) is 45.2 cm³/mol. The fraction of sp³-hybridized carbons (Fsp3) is 0.444. The van der Waals surface area contributed by atoms with E-state index in [0.717, 1.165) is 17.1 Å². The van der Waals surface area contributed by atoms with Gasteiger partial charge in [-0.25, -0.2) is 0 Å². The van der Waals surface area contributed by atoms with Crippen LogP contribution < -0.4 is 14.3 Å². The summed E-state index contributed by atoms with van der Waals surface area (Å²) in [5, 5.41) is 0. The van der Waals surface area contributed by atoms with E-state index in [9.17, 15) is 0 Å². The highest BCUT2D eigenvalue weighted by molar-refractivity contribution is 5.21. The van der Waals surface area contributed by atoms with Crippen molar-refractivity contribution in [2.45, 2.75) is 13.8 Å². The lowest BCUT2D eigenvalue weighted by Gasteiger charge is -2.02. The Balaban J connectivity index is 3.18. The van der Waals surface area contributed by atoms with Gasteiger partial charge in [0.15, 0.2) is 0 Å². The van der Waals surface area contributed by atoms with Gasteiger partial charge in [0.25, 0.3) is 0 Å². The third-order valence-electron chi connectivity index (χ3n) is 1.76. The first-order valence-corrected chi connectivity index (χ1v) is 3.81. The number of pyridine rings is 1. The van der Waals surface area contributed by atoms with Crippen LogP contribution in [0.2, 0.25) is 0 Å². The van der Waals surface area contributed by atoms with Crippen LogP contribution in [0.3, 0.4) is 0 Å². The van der Waals surface area contributed by atoms with Gasteiger partial charge in [0.05, 0.1) is 19.2 Å². The van der Waals surface area contributed by atoms with Crippen molar-refractivity contribution in [3.63, 3.8) is 0 Å². The topological polar surface area (TPSA) is 22.3 Å². The Bertz CT molecular complexity index is 261. The van der Waals surface area contributed by atoms with Crippen molar-refractivity contribution in [1.29, 1.82) is 0 Å². The molecular formula is C9H14NO2+. The van der Waals surface area contributed by atoms with Crippen molar-refractivity contribution in [2.24, 2.45) is 0 Å². The molecule has 0 unspecified atom stereocenters. The van der Waals surface area contributed by atoms with Crippen LogP contribution in [0.15, 0.2) is 12.1 Å². The van der Waals surface area contributed by atoms with Crippen LogP contribution in [0.4, 0.5) is 0 Å². The predicted octanol–water partition coefficient (Wildman–Crippen LogP) is 0.658. The minimum atomic E-state index is 0.860. The molecule has 0 aliphatic heterocycles. The number of hydrogen-bond acceptors (Lipinski definition) is 2. The molecule has 0 N–H and O–H groups in total. The molecule has 1 heterocycles. The van der Waals surface area contributed by atoms with E-state index in [0.29, 0.717) is 0 Å². The summed E-state index contributed by atoms with van der Waals surface area (Å²) >= 11 is 0. The first kappa shape index (κ1) is 8.84. The second kappa shape index (κ2) is 3.43. The van der Waals surface area contributed by atoms with Crippen LogP contribution in [0.5, 0.6) is 5.75 Å². The maximum Gasteiger partial charge on any atom is 0.235 e. The molecule has 0 saturated carbocycles. The Labute approximate surface area is 72.5 Å². The normalized spacial score (nSPS) is 9.67. The third-order valence-corrected chi connectivity index (χ3v) is 1.76. The number of ether oxygens (including phenoxy) is 1. The summed E-state index contributed by atoms with van der Waals surface area (Å²) in [6.45, 7) is 3.94. The fourth-order valence-corrected chi connectivity index (χ4v) is 1.25. The molecule has 1 aromatic rings. The van der Waals surface area contributed by atoms with E-state index in [1.807, 2.05) is 26.0 Å². The van der Waals surface area contributed by atoms with Crippen LogP contribution in [0.25, 0.3) is 0 Å². The summed E-state index contributed by atoms with van der Waals surface area (Å²) < 4.78 is 6.86. The summed E-state index contributed by atoms with van der Waals surface area (Å²) in [5.74, 6) is 0.860. The average molecular weight is 168 g/mol. The third kappa shape index (κ3) is 1.49. The van der Waals surface area contributed by atoms with Crippen LogP contribution >= 0.6 is 0 Å². The highest BCUT2D eigenvalue weighted by atomic mass is 16.6. The summed E-state index contributed by atoms with van der Waals surface area (Å²) in [7, 11) is 3.30. The summed E-state index contributed by atoms with van der Waals surface area (Å²) in [6.07, 6.45) is 0. The smallest absolute Gasteiger partial charge is 0.235 e. The lowest BCUT2D eigenvalue weighted by atomic mass is 10.3. The standard InChI is InChI=1S/C9H14NO2/c1-7-5-9(11-3)6-8(2)10(7)12-4/h5-6H,1-4H3/q+1. The molecule has 66 valence electrons. The van der Waals surface area contributed by atoms with Gasteiger partial charge >= 0.3 is 0 Å². The Morgan fingerprint density at radius 3 is 1.92 bits per heavy atom. The molecule has 0 saturated heterocycles. The summed E-state index contributed by atoms with van der Waals surface area (Å²) in [4.78, 5) is 5.14. The summed E-state index contributed by atoms with van der Waals surface area (Å²) in [6, 6.07) is 3.85. The summed E-state index contributed by atoms with van der Waals surface area (Å²) in [5.41, 5.74) is 2.05. The Hall–Kier alpha value is -1.25. The van der Waals surface area contributed by atoms with Gasteiger partial charge in [0, 0.05) is 18.6 Å². The number of rotatable bonds is 2. The highest BCUT2D eigenvalue weighted by Gasteiger charge is 2.13. The molecule has 12 heavy (non-hydrogen) atoms. The van der Waals surface area contributed by atoms with Gasteiger partial charge in [-0.3, -0.25) is 4.84 Å². The van der Waals surface area contributed by atoms with Crippen LogP contribution in [-0.2, 0) is 0 Å². The van der Waals surface area contributed by atoms with Crippen molar-refractivity contribution < 1.29 is 14.3 Å². The number of aromatic nitrogens is 1. The molecular weight excluding hydrogens is 154 g/mol. The van der Waals surface area contributed by atoms with Crippen molar-refractivity contribution >= 4 is 0 Å². The average Bonchev–Trinajstić information content (AvgIpc) is 2.03. The monoisotopic (exact) mass is 168 g/mol. The molecule has 1 rings (SSSR count). The largest absolute Gasteiger partial charge is 0.496 e. The van der Waals surface area contributed by atoms with E-state index < -0.39 is 0 Å². The fourth-order valence-electron chi connectivity index (χ4n) is 1.25. The van der Waals surface area contributed by atoms with Crippen molar-refractivity contribution in [3.8, 4) is 5.75 Å². The molecule has 0 fully saturated rings. The van der Waals surface area contributed by atoms with Crippen LogP contribution in [0, 0.1) is 13.8 Å². The van der Waals surface area contributed by atoms with Crippen LogP contribution in [-0.4, -0.2) is 14.2 Å². The Morgan fingerprint density at radius 1 is 1.08 bits per heavy atom. The molecule has 3 nitrogen and oxygen atoms in total. The number of hydrogen-bond donors (Lipinski definition) is 0. The van der Waals surface area contributed by atoms with Gasteiger partial charge in [-0.15, -0.1) is 0 Å². The highest BCUT2D eigenvalue weighted by Crippen LogP contribution is 2.10. The second-order valence-electron chi connectivity index (χ2n) is 2.65. The van der Waals surface area contributed by atoms with Crippen molar-refractivity contribution in [2.75, 3.05) is 14.2 Å². The molecule has 0 aliphatic carbocycles. The minimum absolute atomic E-state index is 0.860. The minimum Gasteiger partial charge on any atom is -0.496 e. The van der Waals surface area contributed by atoms with Crippen molar-refractivity contribution in [3.05, 3.63) is 23.5 Å². The zero-order chi connectivity index (χ0) is 9.14. The SMILES string of the molecule is COc1cc(C)[n+](OC)c(C)c1. The molecule has 1 aromatic heterocycles. The Morgan fingerprint density at radius 2 is 1.58 bits per heavy atom. The Kier molecular flexibility index (Phi) is 2.53. The van der Waals surface area contributed by atoms with Gasteiger partial charge in [0.2, 0.25) is 11.4 Å².